The Kier molecular flexibility index (Phi) is 6.27. The number of rotatable bonds is 6. The second-order valence-corrected chi connectivity index (χ2v) is 5.78. The average molecular weight is 294 g/mol. The number of thioether (sulfide) groups is 2. The molecule has 18 heavy (non-hydrogen) atoms. The molecule has 2 amide bonds. The molecule has 2 atom stereocenters. The standard InChI is InChI=1S/C10H18N2O4S2/c1-11-7(13)10(18-6-16-4)12(2)8(14)9(11)17-5-15-3/h9-10H,5-6H2,1-4H3/t9-,10-/m1/s1. The molecular weight excluding hydrogens is 276 g/mol. The maximum atomic E-state index is 12.2. The van der Waals surface area contributed by atoms with Gasteiger partial charge in [0, 0.05) is 28.3 Å². The molecule has 1 rings (SSSR count). The third-order valence-corrected chi connectivity index (χ3v) is 4.92. The van der Waals surface area contributed by atoms with Gasteiger partial charge in [0.25, 0.3) is 11.8 Å². The number of ether oxygens (including phenoxy) is 2. The van der Waals surface area contributed by atoms with Gasteiger partial charge in [-0.3, -0.25) is 9.59 Å². The largest absolute Gasteiger partial charge is 0.374 e. The number of carbonyl (C=O) groups excluding carboxylic acids is 2. The summed E-state index contributed by atoms with van der Waals surface area (Å²) < 4.78 is 9.87. The highest BCUT2D eigenvalue weighted by Crippen LogP contribution is 2.28. The van der Waals surface area contributed by atoms with Gasteiger partial charge in [-0.2, -0.15) is 0 Å². The van der Waals surface area contributed by atoms with Crippen LogP contribution in [0.4, 0.5) is 0 Å². The lowest BCUT2D eigenvalue weighted by Gasteiger charge is -2.40. The van der Waals surface area contributed by atoms with Crippen LogP contribution in [-0.4, -0.2) is 72.6 Å². The fraction of sp³-hybridized carbons (Fsp3) is 0.800. The first-order chi connectivity index (χ1) is 8.54. The molecule has 1 aliphatic heterocycles. The fourth-order valence-corrected chi connectivity index (χ4v) is 3.34. The highest BCUT2D eigenvalue weighted by molar-refractivity contribution is 8.01. The summed E-state index contributed by atoms with van der Waals surface area (Å²) in [6, 6.07) is 0. The minimum Gasteiger partial charge on any atom is -0.374 e. The molecule has 0 saturated carbocycles. The third kappa shape index (κ3) is 3.31. The first-order valence-corrected chi connectivity index (χ1v) is 7.38. The van der Waals surface area contributed by atoms with Gasteiger partial charge in [-0.15, -0.1) is 0 Å². The SMILES string of the molecule is COCS[C@@H]1C(=O)N(C)[C@H](SCOC)C(=O)N1C. The molecule has 1 fully saturated rings. The summed E-state index contributed by atoms with van der Waals surface area (Å²) >= 11 is 2.60. The quantitative estimate of drug-likeness (QED) is 0.654. The van der Waals surface area contributed by atoms with E-state index in [-0.39, 0.29) is 11.8 Å². The maximum Gasteiger partial charge on any atom is 0.257 e. The van der Waals surface area contributed by atoms with Gasteiger partial charge >= 0.3 is 0 Å². The van der Waals surface area contributed by atoms with Crippen molar-refractivity contribution >= 4 is 35.3 Å². The van der Waals surface area contributed by atoms with Crippen LogP contribution >= 0.6 is 23.5 Å². The fourth-order valence-electron chi connectivity index (χ4n) is 1.54. The summed E-state index contributed by atoms with van der Waals surface area (Å²) in [4.78, 5) is 27.3. The third-order valence-electron chi connectivity index (χ3n) is 2.51. The van der Waals surface area contributed by atoms with E-state index in [0.29, 0.717) is 11.9 Å². The Balaban J connectivity index is 2.75. The average Bonchev–Trinajstić information content (AvgIpc) is 2.37. The predicted molar refractivity (Wildman–Crippen MR) is 72.1 cm³/mol. The monoisotopic (exact) mass is 294 g/mol. The smallest absolute Gasteiger partial charge is 0.257 e. The van der Waals surface area contributed by atoms with Gasteiger partial charge in [0.05, 0.1) is 11.9 Å². The number of likely N-dealkylation sites (N-methyl/N-ethyl adjacent to an activating group) is 2. The molecule has 1 aliphatic rings. The molecule has 0 aromatic heterocycles. The van der Waals surface area contributed by atoms with E-state index in [1.54, 1.807) is 28.3 Å². The molecule has 0 bridgehead atoms. The Hall–Kier alpha value is -0.440. The van der Waals surface area contributed by atoms with E-state index in [2.05, 4.69) is 0 Å². The van der Waals surface area contributed by atoms with Gasteiger partial charge in [-0.25, -0.2) is 0 Å². The molecule has 0 N–H and O–H groups in total. The van der Waals surface area contributed by atoms with Crippen molar-refractivity contribution < 1.29 is 19.1 Å². The molecule has 1 saturated heterocycles. The van der Waals surface area contributed by atoms with Gasteiger partial charge in [0.2, 0.25) is 0 Å². The van der Waals surface area contributed by atoms with Crippen molar-refractivity contribution in [2.75, 3.05) is 40.2 Å². The predicted octanol–water partition coefficient (Wildman–Crippen LogP) is 0.243. The van der Waals surface area contributed by atoms with E-state index in [1.807, 2.05) is 0 Å². The Morgan fingerprint density at radius 1 is 0.944 bits per heavy atom. The second-order valence-electron chi connectivity index (χ2n) is 3.75. The van der Waals surface area contributed by atoms with E-state index in [0.717, 1.165) is 0 Å². The molecule has 0 aliphatic carbocycles. The zero-order valence-electron chi connectivity index (χ0n) is 10.9. The molecule has 0 aromatic rings. The number of methoxy groups -OCH3 is 2. The summed E-state index contributed by atoms with van der Waals surface area (Å²) in [5.41, 5.74) is 0. The van der Waals surface area contributed by atoms with E-state index >= 15 is 0 Å². The molecule has 0 spiro atoms. The van der Waals surface area contributed by atoms with Crippen LogP contribution in [0.3, 0.4) is 0 Å². The Morgan fingerprint density at radius 3 is 1.56 bits per heavy atom. The number of hydrogen-bond donors (Lipinski definition) is 0. The Bertz CT molecular complexity index is 286. The van der Waals surface area contributed by atoms with Gasteiger partial charge in [-0.05, 0) is 0 Å². The number of carbonyl (C=O) groups is 2. The van der Waals surface area contributed by atoms with Crippen LogP contribution < -0.4 is 0 Å². The minimum absolute atomic E-state index is 0.0900. The van der Waals surface area contributed by atoms with Crippen LogP contribution in [0.1, 0.15) is 0 Å². The van der Waals surface area contributed by atoms with Crippen molar-refractivity contribution in [3.63, 3.8) is 0 Å². The van der Waals surface area contributed by atoms with Crippen LogP contribution in [0.5, 0.6) is 0 Å². The molecule has 104 valence electrons. The molecule has 6 nitrogen and oxygen atoms in total. The van der Waals surface area contributed by atoms with Crippen LogP contribution in [0.15, 0.2) is 0 Å². The lowest BCUT2D eigenvalue weighted by atomic mass is 10.3. The molecule has 8 heteroatoms. The van der Waals surface area contributed by atoms with E-state index in [9.17, 15) is 9.59 Å². The lowest BCUT2D eigenvalue weighted by molar-refractivity contribution is -0.150. The number of hydrogen-bond acceptors (Lipinski definition) is 6. The molecule has 0 aromatic carbocycles. The maximum absolute atomic E-state index is 12.2. The van der Waals surface area contributed by atoms with Crippen molar-refractivity contribution in [2.45, 2.75) is 10.7 Å². The first-order valence-electron chi connectivity index (χ1n) is 5.29. The van der Waals surface area contributed by atoms with Crippen LogP contribution in [-0.2, 0) is 19.1 Å². The van der Waals surface area contributed by atoms with Crippen molar-refractivity contribution in [2.24, 2.45) is 0 Å². The summed E-state index contributed by atoms with van der Waals surface area (Å²) in [5.74, 6) is 0.565. The summed E-state index contributed by atoms with van der Waals surface area (Å²) in [7, 11) is 6.40. The van der Waals surface area contributed by atoms with Gasteiger partial charge in [-0.1, -0.05) is 23.5 Å². The highest BCUT2D eigenvalue weighted by atomic mass is 32.2. The normalized spacial score (nSPS) is 24.9. The van der Waals surface area contributed by atoms with Gasteiger partial charge in [0.1, 0.15) is 0 Å². The summed E-state index contributed by atoms with van der Waals surface area (Å²) in [6.07, 6.45) is 0. The zero-order chi connectivity index (χ0) is 13.7. The van der Waals surface area contributed by atoms with Crippen molar-refractivity contribution in [1.82, 2.24) is 9.80 Å². The van der Waals surface area contributed by atoms with Crippen LogP contribution in [0.2, 0.25) is 0 Å². The minimum atomic E-state index is -0.512. The van der Waals surface area contributed by atoms with Crippen LogP contribution in [0, 0.1) is 0 Å². The van der Waals surface area contributed by atoms with E-state index in [1.165, 1.54) is 33.3 Å². The number of piperazine rings is 1. The Morgan fingerprint density at radius 2 is 1.28 bits per heavy atom. The second kappa shape index (κ2) is 7.22. The Labute approximate surface area is 115 Å². The van der Waals surface area contributed by atoms with E-state index < -0.39 is 10.7 Å². The van der Waals surface area contributed by atoms with Crippen LogP contribution in [0.25, 0.3) is 0 Å². The number of amides is 2. The number of nitrogens with zero attached hydrogens (tertiary/aromatic N) is 2. The molecule has 0 unspecified atom stereocenters. The first kappa shape index (κ1) is 15.6. The molecule has 0 radical (unpaired) electrons. The molecule has 1 heterocycles. The lowest BCUT2D eigenvalue weighted by Crippen LogP contribution is -2.60. The topological polar surface area (TPSA) is 59.1 Å². The van der Waals surface area contributed by atoms with Crippen molar-refractivity contribution in [3.8, 4) is 0 Å². The van der Waals surface area contributed by atoms with Gasteiger partial charge < -0.3 is 19.3 Å². The summed E-state index contributed by atoms with van der Waals surface area (Å²) in [5, 5.41) is -1.02. The molecular formula is C10H18N2O4S2. The van der Waals surface area contributed by atoms with E-state index in [4.69, 9.17) is 9.47 Å². The highest BCUT2D eigenvalue weighted by Gasteiger charge is 2.43. The zero-order valence-corrected chi connectivity index (χ0v) is 12.5. The van der Waals surface area contributed by atoms with Crippen molar-refractivity contribution in [1.29, 1.82) is 0 Å². The van der Waals surface area contributed by atoms with Crippen molar-refractivity contribution in [3.05, 3.63) is 0 Å². The van der Waals surface area contributed by atoms with Gasteiger partial charge in [0.15, 0.2) is 10.7 Å². The summed E-state index contributed by atoms with van der Waals surface area (Å²) in [6.45, 7) is 0.